The minimum atomic E-state index is -0.298. The number of para-hydroxylation sites is 2. The molecule has 152 valence electrons. The van der Waals surface area contributed by atoms with E-state index in [-0.39, 0.29) is 30.4 Å². The second kappa shape index (κ2) is 7.33. The highest BCUT2D eigenvalue weighted by Gasteiger charge is 2.39. The normalized spacial score (nSPS) is 17.3. The van der Waals surface area contributed by atoms with Crippen LogP contribution < -0.4 is 4.90 Å². The number of rotatable bonds is 4. The molecule has 2 aliphatic rings. The first-order valence-electron chi connectivity index (χ1n) is 10.2. The first kappa shape index (κ1) is 18.9. The van der Waals surface area contributed by atoms with E-state index in [9.17, 15) is 9.59 Å². The summed E-state index contributed by atoms with van der Waals surface area (Å²) in [5.74, 6) is -0.139. The van der Waals surface area contributed by atoms with Gasteiger partial charge in [0.05, 0.1) is 17.1 Å². The van der Waals surface area contributed by atoms with E-state index in [2.05, 4.69) is 4.57 Å². The van der Waals surface area contributed by atoms with Crippen molar-refractivity contribution in [3.05, 3.63) is 83.1 Å². The molecule has 6 heteroatoms. The fourth-order valence-electron chi connectivity index (χ4n) is 4.33. The maximum absolute atomic E-state index is 13.7. The van der Waals surface area contributed by atoms with E-state index >= 15 is 0 Å². The number of benzene rings is 2. The van der Waals surface area contributed by atoms with Crippen molar-refractivity contribution in [2.75, 3.05) is 11.4 Å². The van der Waals surface area contributed by atoms with Crippen molar-refractivity contribution in [2.45, 2.75) is 31.8 Å². The van der Waals surface area contributed by atoms with Gasteiger partial charge in [-0.15, -0.1) is 0 Å². The summed E-state index contributed by atoms with van der Waals surface area (Å²) in [5.41, 5.74) is 3.77. The molecule has 5 nitrogen and oxygen atoms in total. The van der Waals surface area contributed by atoms with Crippen molar-refractivity contribution < 1.29 is 9.59 Å². The Hall–Kier alpha value is -3.05. The molecule has 2 amide bonds. The molecule has 0 bridgehead atoms. The molecular formula is C24H22ClN3O2. The molecule has 3 aromatic rings. The number of carbonyl (C=O) groups is 2. The first-order valence-corrected chi connectivity index (χ1v) is 10.5. The number of amides is 2. The van der Waals surface area contributed by atoms with Gasteiger partial charge in [-0.25, -0.2) is 0 Å². The van der Waals surface area contributed by atoms with E-state index in [4.69, 9.17) is 11.6 Å². The average molecular weight is 420 g/mol. The maximum Gasteiger partial charge on any atom is 0.247 e. The number of hydrogen-bond donors (Lipinski definition) is 0. The highest BCUT2D eigenvalue weighted by atomic mass is 35.5. The van der Waals surface area contributed by atoms with Crippen LogP contribution >= 0.6 is 11.6 Å². The Labute approximate surface area is 180 Å². The predicted molar refractivity (Wildman–Crippen MR) is 117 cm³/mol. The molecule has 1 aromatic heterocycles. The topological polar surface area (TPSA) is 45.6 Å². The van der Waals surface area contributed by atoms with E-state index < -0.39 is 0 Å². The molecule has 30 heavy (non-hydrogen) atoms. The summed E-state index contributed by atoms with van der Waals surface area (Å²) in [6, 6.07) is 19.4. The standard InChI is InChI=1S/C24H22ClN3O2/c1-16(29)27(19-12-13-19)15-23(30)28-21-6-3-2-5-20(21)26-14-4-7-22(26)24(28)17-8-10-18(25)11-9-17/h2-11,14,19,24H,12-13,15H2,1H3/t24-/m1/s1. The smallest absolute Gasteiger partial charge is 0.247 e. The SMILES string of the molecule is CC(=O)N(CC(=O)N1c2ccccc2-n2cccc2[C@H]1c1ccc(Cl)cc1)C1CC1. The summed E-state index contributed by atoms with van der Waals surface area (Å²) in [4.78, 5) is 29.4. The highest BCUT2D eigenvalue weighted by molar-refractivity contribution is 6.30. The lowest BCUT2D eigenvalue weighted by Crippen LogP contribution is -2.47. The monoisotopic (exact) mass is 419 g/mol. The minimum absolute atomic E-state index is 0.0532. The third kappa shape index (κ3) is 3.19. The fraction of sp³-hybridized carbons (Fsp3) is 0.250. The van der Waals surface area contributed by atoms with Crippen LogP contribution in [0.25, 0.3) is 5.69 Å². The number of halogens is 1. The number of aromatic nitrogens is 1. The van der Waals surface area contributed by atoms with E-state index in [1.807, 2.05) is 71.8 Å². The summed E-state index contributed by atoms with van der Waals surface area (Å²) in [6.45, 7) is 1.62. The molecular weight excluding hydrogens is 398 g/mol. The van der Waals surface area contributed by atoms with Crippen LogP contribution in [0.15, 0.2) is 66.9 Å². The van der Waals surface area contributed by atoms with Gasteiger partial charge in [0, 0.05) is 24.2 Å². The van der Waals surface area contributed by atoms with Gasteiger partial charge in [-0.05, 0) is 54.8 Å². The van der Waals surface area contributed by atoms with Gasteiger partial charge in [-0.1, -0.05) is 35.9 Å². The van der Waals surface area contributed by atoms with Gasteiger partial charge in [0.15, 0.2) is 0 Å². The van der Waals surface area contributed by atoms with Crippen molar-refractivity contribution in [1.82, 2.24) is 9.47 Å². The minimum Gasteiger partial charge on any atom is -0.331 e. The number of carbonyl (C=O) groups excluding carboxylic acids is 2. The molecule has 2 heterocycles. The summed E-state index contributed by atoms with van der Waals surface area (Å²) in [7, 11) is 0. The third-order valence-electron chi connectivity index (χ3n) is 5.87. The molecule has 1 fully saturated rings. The van der Waals surface area contributed by atoms with E-state index in [0.717, 1.165) is 35.5 Å². The van der Waals surface area contributed by atoms with E-state index in [0.29, 0.717) is 5.02 Å². The quantitative estimate of drug-likeness (QED) is 0.621. The number of nitrogens with zero attached hydrogens (tertiary/aromatic N) is 3. The molecule has 0 N–H and O–H groups in total. The highest BCUT2D eigenvalue weighted by Crippen LogP contribution is 2.42. The second-order valence-corrected chi connectivity index (χ2v) is 8.32. The fourth-order valence-corrected chi connectivity index (χ4v) is 4.45. The van der Waals surface area contributed by atoms with Gasteiger partial charge < -0.3 is 9.47 Å². The molecule has 2 aromatic carbocycles. The third-order valence-corrected chi connectivity index (χ3v) is 6.12. The van der Waals surface area contributed by atoms with Gasteiger partial charge >= 0.3 is 0 Å². The molecule has 0 spiro atoms. The molecule has 0 unspecified atom stereocenters. The molecule has 5 rings (SSSR count). The molecule has 1 aliphatic heterocycles. The summed E-state index contributed by atoms with van der Waals surface area (Å²) in [6.07, 6.45) is 3.95. The van der Waals surface area contributed by atoms with E-state index in [1.165, 1.54) is 6.92 Å². The van der Waals surface area contributed by atoms with Crippen LogP contribution in [-0.2, 0) is 9.59 Å². The molecule has 0 saturated heterocycles. The molecule has 1 saturated carbocycles. The van der Waals surface area contributed by atoms with Crippen LogP contribution in [0, 0.1) is 0 Å². The van der Waals surface area contributed by atoms with Crippen LogP contribution in [-0.4, -0.2) is 33.9 Å². The number of anilines is 1. The van der Waals surface area contributed by atoms with Gasteiger partial charge in [0.1, 0.15) is 12.6 Å². The van der Waals surface area contributed by atoms with Crippen molar-refractivity contribution in [3.8, 4) is 5.69 Å². The number of hydrogen-bond acceptors (Lipinski definition) is 2. The van der Waals surface area contributed by atoms with Crippen molar-refractivity contribution in [1.29, 1.82) is 0 Å². The summed E-state index contributed by atoms with van der Waals surface area (Å²) >= 11 is 6.13. The summed E-state index contributed by atoms with van der Waals surface area (Å²) in [5, 5.41) is 0.653. The van der Waals surface area contributed by atoms with Crippen molar-refractivity contribution in [2.24, 2.45) is 0 Å². The summed E-state index contributed by atoms with van der Waals surface area (Å²) < 4.78 is 2.13. The number of fused-ring (bicyclic) bond motifs is 3. The van der Waals surface area contributed by atoms with Crippen LogP contribution in [0.3, 0.4) is 0 Å². The van der Waals surface area contributed by atoms with Crippen LogP contribution in [0.2, 0.25) is 5.02 Å². The van der Waals surface area contributed by atoms with Gasteiger partial charge in [-0.3, -0.25) is 14.5 Å². The van der Waals surface area contributed by atoms with E-state index in [1.54, 1.807) is 4.90 Å². The first-order chi connectivity index (χ1) is 14.5. The van der Waals surface area contributed by atoms with Crippen molar-refractivity contribution >= 4 is 29.1 Å². The Kier molecular flexibility index (Phi) is 4.63. The van der Waals surface area contributed by atoms with Crippen LogP contribution in [0.5, 0.6) is 0 Å². The van der Waals surface area contributed by atoms with Gasteiger partial charge in [0.2, 0.25) is 11.8 Å². The Morgan fingerprint density at radius 2 is 1.70 bits per heavy atom. The zero-order valence-electron chi connectivity index (χ0n) is 16.7. The lowest BCUT2D eigenvalue weighted by atomic mass is 9.97. The maximum atomic E-state index is 13.7. The van der Waals surface area contributed by atoms with Gasteiger partial charge in [-0.2, -0.15) is 0 Å². The lowest BCUT2D eigenvalue weighted by molar-refractivity contribution is -0.134. The molecule has 0 radical (unpaired) electrons. The van der Waals surface area contributed by atoms with Crippen LogP contribution in [0.1, 0.15) is 37.1 Å². The van der Waals surface area contributed by atoms with Crippen LogP contribution in [0.4, 0.5) is 5.69 Å². The Balaban J connectivity index is 1.62. The predicted octanol–water partition coefficient (Wildman–Crippen LogP) is 4.58. The zero-order chi connectivity index (χ0) is 20.8. The second-order valence-electron chi connectivity index (χ2n) is 7.89. The average Bonchev–Trinajstić information content (AvgIpc) is 3.46. The Morgan fingerprint density at radius 1 is 1.00 bits per heavy atom. The van der Waals surface area contributed by atoms with Crippen molar-refractivity contribution in [3.63, 3.8) is 0 Å². The Morgan fingerprint density at radius 3 is 2.37 bits per heavy atom. The Bertz CT molecular complexity index is 1120. The zero-order valence-corrected chi connectivity index (χ0v) is 17.4. The largest absolute Gasteiger partial charge is 0.331 e. The molecule has 1 aliphatic carbocycles. The van der Waals surface area contributed by atoms with Gasteiger partial charge in [0.25, 0.3) is 0 Å². The molecule has 1 atom stereocenters. The lowest BCUT2D eigenvalue weighted by Gasteiger charge is -2.39.